The first-order chi connectivity index (χ1) is 12.5. The standard InChI is InChI=1S/C20H22FN3O2/c1-12-8-15(5-7-18(12)23-13(2)11-26-3)22-10-17-16-9-14(21)4-6-19(16)24-20(17)25/h4-10,13,23-25H,11H2,1-3H3. The Balaban J connectivity index is 1.84. The third-order valence-electron chi connectivity index (χ3n) is 4.15. The fourth-order valence-corrected chi connectivity index (χ4v) is 2.89. The molecule has 136 valence electrons. The molecule has 0 saturated carbocycles. The smallest absolute Gasteiger partial charge is 0.198 e. The minimum atomic E-state index is -0.359. The lowest BCUT2D eigenvalue weighted by molar-refractivity contribution is 0.190. The number of nitrogens with zero attached hydrogens (tertiary/aromatic N) is 1. The molecule has 1 heterocycles. The van der Waals surface area contributed by atoms with Crippen LogP contribution in [0.15, 0.2) is 41.4 Å². The van der Waals surface area contributed by atoms with Crippen LogP contribution in [0.3, 0.4) is 0 Å². The summed E-state index contributed by atoms with van der Waals surface area (Å²) in [7, 11) is 1.68. The van der Waals surface area contributed by atoms with Crippen molar-refractivity contribution in [2.24, 2.45) is 4.99 Å². The van der Waals surface area contributed by atoms with Crippen LogP contribution < -0.4 is 5.32 Å². The quantitative estimate of drug-likeness (QED) is 0.570. The summed E-state index contributed by atoms with van der Waals surface area (Å²) in [5, 5.41) is 14.0. The van der Waals surface area contributed by atoms with Gasteiger partial charge in [0.2, 0.25) is 0 Å². The maximum absolute atomic E-state index is 13.5. The zero-order chi connectivity index (χ0) is 18.7. The predicted molar refractivity (Wildman–Crippen MR) is 103 cm³/mol. The summed E-state index contributed by atoms with van der Waals surface area (Å²) in [6.07, 6.45) is 1.54. The van der Waals surface area contributed by atoms with Crippen molar-refractivity contribution in [2.45, 2.75) is 19.9 Å². The van der Waals surface area contributed by atoms with E-state index in [-0.39, 0.29) is 17.7 Å². The number of hydrogen-bond donors (Lipinski definition) is 3. The SMILES string of the molecule is COCC(C)Nc1ccc(N=Cc2c(O)[nH]c3ccc(F)cc23)cc1C. The van der Waals surface area contributed by atoms with Crippen molar-refractivity contribution < 1.29 is 14.2 Å². The van der Waals surface area contributed by atoms with E-state index < -0.39 is 0 Å². The number of anilines is 1. The number of benzene rings is 2. The summed E-state index contributed by atoms with van der Waals surface area (Å²) in [6, 6.07) is 10.3. The van der Waals surface area contributed by atoms with Gasteiger partial charge in [-0.15, -0.1) is 0 Å². The fourth-order valence-electron chi connectivity index (χ4n) is 2.89. The van der Waals surface area contributed by atoms with Gasteiger partial charge >= 0.3 is 0 Å². The molecule has 6 heteroatoms. The van der Waals surface area contributed by atoms with Crippen molar-refractivity contribution in [2.75, 3.05) is 19.0 Å². The number of halogens is 1. The van der Waals surface area contributed by atoms with Crippen LogP contribution in [0.5, 0.6) is 5.88 Å². The van der Waals surface area contributed by atoms with Gasteiger partial charge in [-0.1, -0.05) is 0 Å². The molecule has 1 unspecified atom stereocenters. The Hall–Kier alpha value is -2.86. The second-order valence-corrected chi connectivity index (χ2v) is 6.34. The van der Waals surface area contributed by atoms with Crippen LogP contribution in [0.4, 0.5) is 15.8 Å². The third-order valence-corrected chi connectivity index (χ3v) is 4.15. The van der Waals surface area contributed by atoms with E-state index in [1.165, 1.54) is 12.1 Å². The molecule has 1 aromatic heterocycles. The highest BCUT2D eigenvalue weighted by Gasteiger charge is 2.10. The number of H-pyrrole nitrogens is 1. The second-order valence-electron chi connectivity index (χ2n) is 6.34. The summed E-state index contributed by atoms with van der Waals surface area (Å²) in [5.74, 6) is -0.389. The van der Waals surface area contributed by atoms with Crippen LogP contribution in [0, 0.1) is 12.7 Å². The molecular weight excluding hydrogens is 333 g/mol. The van der Waals surface area contributed by atoms with E-state index in [1.54, 1.807) is 19.4 Å². The molecule has 3 N–H and O–H groups in total. The largest absolute Gasteiger partial charge is 0.494 e. The number of aromatic hydroxyl groups is 1. The first kappa shape index (κ1) is 17.9. The van der Waals surface area contributed by atoms with E-state index in [4.69, 9.17) is 4.74 Å². The van der Waals surface area contributed by atoms with Gasteiger partial charge in [0, 0.05) is 36.0 Å². The first-order valence-electron chi connectivity index (χ1n) is 8.38. The zero-order valence-corrected chi connectivity index (χ0v) is 15.0. The molecule has 0 aliphatic heterocycles. The van der Waals surface area contributed by atoms with E-state index >= 15 is 0 Å². The Kier molecular flexibility index (Phi) is 5.23. The molecule has 1 atom stereocenters. The van der Waals surface area contributed by atoms with E-state index in [2.05, 4.69) is 15.3 Å². The number of aromatic nitrogens is 1. The molecule has 0 radical (unpaired) electrons. The maximum Gasteiger partial charge on any atom is 0.198 e. The van der Waals surface area contributed by atoms with Crippen LogP contribution in [-0.4, -0.2) is 36.1 Å². The molecule has 26 heavy (non-hydrogen) atoms. The van der Waals surface area contributed by atoms with Gasteiger partial charge in [-0.2, -0.15) is 0 Å². The minimum absolute atomic E-state index is 0.0299. The molecule has 3 rings (SSSR count). The van der Waals surface area contributed by atoms with Gasteiger partial charge in [0.05, 0.1) is 17.9 Å². The topological polar surface area (TPSA) is 69.6 Å². The van der Waals surface area contributed by atoms with Gasteiger partial charge in [-0.25, -0.2) is 4.39 Å². The van der Waals surface area contributed by atoms with E-state index in [1.807, 2.05) is 32.0 Å². The van der Waals surface area contributed by atoms with E-state index in [9.17, 15) is 9.50 Å². The first-order valence-corrected chi connectivity index (χ1v) is 8.38. The number of hydrogen-bond acceptors (Lipinski definition) is 4. The van der Waals surface area contributed by atoms with Crippen LogP contribution in [-0.2, 0) is 4.74 Å². The highest BCUT2D eigenvalue weighted by atomic mass is 19.1. The van der Waals surface area contributed by atoms with Crippen LogP contribution in [0.25, 0.3) is 10.9 Å². The van der Waals surface area contributed by atoms with Gasteiger partial charge in [0.1, 0.15) is 5.82 Å². The van der Waals surface area contributed by atoms with Gasteiger partial charge in [-0.05, 0) is 55.8 Å². The molecular formula is C20H22FN3O2. The molecule has 0 fully saturated rings. The summed E-state index contributed by atoms with van der Waals surface area (Å²) in [5.41, 5.74) is 3.95. The Labute approximate surface area is 151 Å². The predicted octanol–water partition coefficient (Wildman–Crippen LogP) is 4.52. The molecule has 2 aromatic carbocycles. The highest BCUT2D eigenvalue weighted by Crippen LogP contribution is 2.28. The van der Waals surface area contributed by atoms with Crippen molar-refractivity contribution in [3.63, 3.8) is 0 Å². The zero-order valence-electron chi connectivity index (χ0n) is 15.0. The third kappa shape index (κ3) is 3.86. The lowest BCUT2D eigenvalue weighted by Gasteiger charge is -2.16. The molecule has 5 nitrogen and oxygen atoms in total. The van der Waals surface area contributed by atoms with Crippen molar-refractivity contribution in [3.8, 4) is 5.88 Å². The fraction of sp³-hybridized carbons (Fsp3) is 0.250. The minimum Gasteiger partial charge on any atom is -0.494 e. The molecule has 0 spiro atoms. The van der Waals surface area contributed by atoms with Crippen molar-refractivity contribution in [3.05, 3.63) is 53.3 Å². The van der Waals surface area contributed by atoms with Crippen LogP contribution in [0.1, 0.15) is 18.1 Å². The number of methoxy groups -OCH3 is 1. The average molecular weight is 355 g/mol. The summed E-state index contributed by atoms with van der Waals surface area (Å²) < 4.78 is 18.6. The second kappa shape index (κ2) is 7.58. The summed E-state index contributed by atoms with van der Waals surface area (Å²) in [6.45, 7) is 4.67. The molecule has 0 aliphatic carbocycles. The number of fused-ring (bicyclic) bond motifs is 1. The van der Waals surface area contributed by atoms with Gasteiger partial charge < -0.3 is 20.1 Å². The van der Waals surface area contributed by atoms with Gasteiger partial charge in [0.25, 0.3) is 0 Å². The van der Waals surface area contributed by atoms with Crippen LogP contribution >= 0.6 is 0 Å². The Morgan fingerprint density at radius 1 is 1.31 bits per heavy atom. The lowest BCUT2D eigenvalue weighted by Crippen LogP contribution is -2.21. The average Bonchev–Trinajstić information content (AvgIpc) is 2.90. The Morgan fingerprint density at radius 2 is 2.12 bits per heavy atom. The van der Waals surface area contributed by atoms with Crippen molar-refractivity contribution in [1.29, 1.82) is 0 Å². The number of ether oxygens (including phenoxy) is 1. The van der Waals surface area contributed by atoms with Gasteiger partial charge in [0.15, 0.2) is 5.88 Å². The number of rotatable bonds is 6. The molecule has 3 aromatic rings. The molecule has 0 aliphatic rings. The molecule has 0 saturated heterocycles. The monoisotopic (exact) mass is 355 g/mol. The highest BCUT2D eigenvalue weighted by molar-refractivity contribution is 6.02. The Bertz CT molecular complexity index is 950. The summed E-state index contributed by atoms with van der Waals surface area (Å²) in [4.78, 5) is 7.25. The normalized spacial score (nSPS) is 12.8. The number of aryl methyl sites for hydroxylation is 1. The number of aromatic amines is 1. The Morgan fingerprint density at radius 3 is 2.85 bits per heavy atom. The summed E-state index contributed by atoms with van der Waals surface area (Å²) >= 11 is 0. The molecule has 0 amide bonds. The van der Waals surface area contributed by atoms with Crippen LogP contribution in [0.2, 0.25) is 0 Å². The van der Waals surface area contributed by atoms with E-state index in [0.717, 1.165) is 16.9 Å². The van der Waals surface area contributed by atoms with Crippen molar-refractivity contribution in [1.82, 2.24) is 4.98 Å². The maximum atomic E-state index is 13.5. The number of nitrogens with one attached hydrogen (secondary N) is 2. The lowest BCUT2D eigenvalue weighted by atomic mass is 10.1. The number of aliphatic imine (C=N–C) groups is 1. The van der Waals surface area contributed by atoms with Crippen molar-refractivity contribution >= 4 is 28.5 Å². The molecule has 0 bridgehead atoms. The van der Waals surface area contributed by atoms with Gasteiger partial charge in [-0.3, -0.25) is 4.99 Å². The van der Waals surface area contributed by atoms with E-state index in [0.29, 0.717) is 23.1 Å².